The molecular formula is C9H14O2. The van der Waals surface area contributed by atoms with Gasteiger partial charge in [-0.25, -0.2) is 0 Å². The standard InChI is InChI=1S/C9H14O2/c1-6-3-4-7(2)9(11)5-8(6)10/h5-7,10H,3-4H2,1-2H3. The molecule has 2 nitrogen and oxygen atoms in total. The van der Waals surface area contributed by atoms with Crippen molar-refractivity contribution >= 4 is 5.78 Å². The molecule has 0 heterocycles. The number of aliphatic hydroxyl groups excluding tert-OH is 1. The van der Waals surface area contributed by atoms with Gasteiger partial charge in [-0.2, -0.15) is 0 Å². The quantitative estimate of drug-likeness (QED) is 0.580. The molecule has 0 aromatic rings. The van der Waals surface area contributed by atoms with Crippen molar-refractivity contribution < 1.29 is 9.90 Å². The molecule has 1 rings (SSSR count). The summed E-state index contributed by atoms with van der Waals surface area (Å²) in [5.41, 5.74) is 0. The molecule has 2 heteroatoms. The number of carbonyl (C=O) groups excluding carboxylic acids is 1. The summed E-state index contributed by atoms with van der Waals surface area (Å²) >= 11 is 0. The molecule has 0 aromatic carbocycles. The molecule has 1 N–H and O–H groups in total. The second kappa shape index (κ2) is 3.07. The molecule has 2 unspecified atom stereocenters. The number of rotatable bonds is 0. The zero-order valence-electron chi connectivity index (χ0n) is 7.00. The summed E-state index contributed by atoms with van der Waals surface area (Å²) in [4.78, 5) is 11.1. The molecule has 0 amide bonds. The number of ketones is 1. The fourth-order valence-electron chi connectivity index (χ4n) is 1.22. The van der Waals surface area contributed by atoms with Crippen LogP contribution in [-0.4, -0.2) is 10.9 Å². The van der Waals surface area contributed by atoms with E-state index in [0.717, 1.165) is 12.8 Å². The molecular weight excluding hydrogens is 140 g/mol. The number of allylic oxidation sites excluding steroid dienone is 2. The van der Waals surface area contributed by atoms with Gasteiger partial charge in [0, 0.05) is 17.9 Å². The lowest BCUT2D eigenvalue weighted by Gasteiger charge is -2.06. The third kappa shape index (κ3) is 1.82. The summed E-state index contributed by atoms with van der Waals surface area (Å²) < 4.78 is 0. The molecule has 0 radical (unpaired) electrons. The monoisotopic (exact) mass is 154 g/mol. The van der Waals surface area contributed by atoms with E-state index in [4.69, 9.17) is 0 Å². The van der Waals surface area contributed by atoms with Gasteiger partial charge in [-0.1, -0.05) is 13.8 Å². The lowest BCUT2D eigenvalue weighted by Crippen LogP contribution is -2.05. The van der Waals surface area contributed by atoms with Crippen molar-refractivity contribution in [2.45, 2.75) is 26.7 Å². The van der Waals surface area contributed by atoms with E-state index < -0.39 is 0 Å². The number of aliphatic hydroxyl groups is 1. The van der Waals surface area contributed by atoms with Crippen LogP contribution < -0.4 is 0 Å². The predicted octanol–water partition coefficient (Wildman–Crippen LogP) is 2.06. The maximum Gasteiger partial charge on any atom is 0.161 e. The Kier molecular flexibility index (Phi) is 2.32. The molecule has 0 fully saturated rings. The van der Waals surface area contributed by atoms with Crippen molar-refractivity contribution in [3.05, 3.63) is 11.8 Å². The molecule has 0 bridgehead atoms. The fraction of sp³-hybridized carbons (Fsp3) is 0.667. The molecule has 0 aromatic heterocycles. The molecule has 1 aliphatic carbocycles. The van der Waals surface area contributed by atoms with E-state index in [1.807, 2.05) is 13.8 Å². The van der Waals surface area contributed by atoms with E-state index in [1.165, 1.54) is 6.08 Å². The minimum absolute atomic E-state index is 0.0619. The summed E-state index contributed by atoms with van der Waals surface area (Å²) in [7, 11) is 0. The van der Waals surface area contributed by atoms with Crippen LogP contribution in [0.25, 0.3) is 0 Å². The first-order valence-electron chi connectivity index (χ1n) is 4.05. The van der Waals surface area contributed by atoms with Crippen LogP contribution in [0, 0.1) is 11.8 Å². The second-order valence-electron chi connectivity index (χ2n) is 3.35. The van der Waals surface area contributed by atoms with Gasteiger partial charge in [0.15, 0.2) is 5.78 Å². The molecule has 11 heavy (non-hydrogen) atoms. The van der Waals surface area contributed by atoms with Crippen LogP contribution in [0.5, 0.6) is 0 Å². The number of carbonyl (C=O) groups is 1. The topological polar surface area (TPSA) is 37.3 Å². The van der Waals surface area contributed by atoms with Gasteiger partial charge in [0.05, 0.1) is 5.76 Å². The fourth-order valence-corrected chi connectivity index (χ4v) is 1.22. The van der Waals surface area contributed by atoms with E-state index in [0.29, 0.717) is 0 Å². The highest BCUT2D eigenvalue weighted by molar-refractivity contribution is 5.92. The van der Waals surface area contributed by atoms with Crippen molar-refractivity contribution in [3.8, 4) is 0 Å². The number of hydrogen-bond acceptors (Lipinski definition) is 2. The highest BCUT2D eigenvalue weighted by atomic mass is 16.3. The smallest absolute Gasteiger partial charge is 0.161 e. The SMILES string of the molecule is CC1CCC(C)C(O)=CC1=O. The van der Waals surface area contributed by atoms with E-state index in [1.54, 1.807) is 0 Å². The summed E-state index contributed by atoms with van der Waals surface area (Å²) in [6, 6.07) is 0. The Morgan fingerprint density at radius 3 is 2.55 bits per heavy atom. The zero-order chi connectivity index (χ0) is 8.43. The van der Waals surface area contributed by atoms with Crippen LogP contribution >= 0.6 is 0 Å². The highest BCUT2D eigenvalue weighted by Gasteiger charge is 2.19. The van der Waals surface area contributed by atoms with Gasteiger partial charge in [-0.15, -0.1) is 0 Å². The Morgan fingerprint density at radius 1 is 1.36 bits per heavy atom. The summed E-state index contributed by atoms with van der Waals surface area (Å²) in [5.74, 6) is 0.553. The maximum absolute atomic E-state index is 11.1. The molecule has 62 valence electrons. The molecule has 0 aliphatic heterocycles. The Bertz CT molecular complexity index is 194. The summed E-state index contributed by atoms with van der Waals surface area (Å²) in [5, 5.41) is 9.29. The van der Waals surface area contributed by atoms with Crippen molar-refractivity contribution in [3.63, 3.8) is 0 Å². The Morgan fingerprint density at radius 2 is 1.91 bits per heavy atom. The first-order chi connectivity index (χ1) is 5.11. The number of hydrogen-bond donors (Lipinski definition) is 1. The first kappa shape index (κ1) is 8.31. The van der Waals surface area contributed by atoms with Gasteiger partial charge in [-0.3, -0.25) is 4.79 Å². The highest BCUT2D eigenvalue weighted by Crippen LogP contribution is 2.23. The first-order valence-corrected chi connectivity index (χ1v) is 4.05. The lowest BCUT2D eigenvalue weighted by molar-refractivity contribution is -0.117. The van der Waals surface area contributed by atoms with Crippen LogP contribution in [0.3, 0.4) is 0 Å². The van der Waals surface area contributed by atoms with Gasteiger partial charge in [0.1, 0.15) is 0 Å². The molecule has 0 saturated heterocycles. The van der Waals surface area contributed by atoms with Crippen molar-refractivity contribution in [1.29, 1.82) is 0 Å². The molecule has 0 spiro atoms. The van der Waals surface area contributed by atoms with Crippen molar-refractivity contribution in [2.24, 2.45) is 11.8 Å². The van der Waals surface area contributed by atoms with Crippen LogP contribution in [0.1, 0.15) is 26.7 Å². The molecule has 0 saturated carbocycles. The average molecular weight is 154 g/mol. The minimum atomic E-state index is 0.0619. The van der Waals surface area contributed by atoms with E-state index in [9.17, 15) is 9.90 Å². The Balaban J connectivity index is 2.78. The van der Waals surface area contributed by atoms with Gasteiger partial charge in [0.25, 0.3) is 0 Å². The summed E-state index contributed by atoms with van der Waals surface area (Å²) in [6.07, 6.45) is 3.18. The second-order valence-corrected chi connectivity index (χ2v) is 3.35. The van der Waals surface area contributed by atoms with Crippen LogP contribution in [0.4, 0.5) is 0 Å². The van der Waals surface area contributed by atoms with Gasteiger partial charge in [0.2, 0.25) is 0 Å². The molecule has 1 aliphatic rings. The van der Waals surface area contributed by atoms with Crippen LogP contribution in [0.15, 0.2) is 11.8 Å². The van der Waals surface area contributed by atoms with Crippen molar-refractivity contribution in [2.75, 3.05) is 0 Å². The minimum Gasteiger partial charge on any atom is -0.512 e. The maximum atomic E-state index is 11.1. The van der Waals surface area contributed by atoms with E-state index in [-0.39, 0.29) is 23.4 Å². The van der Waals surface area contributed by atoms with Crippen LogP contribution in [-0.2, 0) is 4.79 Å². The third-order valence-electron chi connectivity index (χ3n) is 2.31. The van der Waals surface area contributed by atoms with Crippen molar-refractivity contribution in [1.82, 2.24) is 0 Å². The normalized spacial score (nSPS) is 32.9. The third-order valence-corrected chi connectivity index (χ3v) is 2.31. The summed E-state index contributed by atoms with van der Waals surface area (Å²) in [6.45, 7) is 3.85. The van der Waals surface area contributed by atoms with Crippen LogP contribution in [0.2, 0.25) is 0 Å². The van der Waals surface area contributed by atoms with Gasteiger partial charge in [-0.05, 0) is 12.8 Å². The van der Waals surface area contributed by atoms with E-state index in [2.05, 4.69) is 0 Å². The zero-order valence-corrected chi connectivity index (χ0v) is 7.00. The Labute approximate surface area is 66.9 Å². The van der Waals surface area contributed by atoms with Gasteiger partial charge < -0.3 is 5.11 Å². The average Bonchev–Trinajstić information content (AvgIpc) is 2.05. The van der Waals surface area contributed by atoms with Gasteiger partial charge >= 0.3 is 0 Å². The molecule has 2 atom stereocenters. The van der Waals surface area contributed by atoms with E-state index >= 15 is 0 Å². The largest absolute Gasteiger partial charge is 0.512 e. The lowest BCUT2D eigenvalue weighted by atomic mass is 9.99. The Hall–Kier alpha value is -0.790. The predicted molar refractivity (Wildman–Crippen MR) is 43.3 cm³/mol.